The molecule has 0 amide bonds. The molecule has 3 N–H and O–H groups in total. The molecule has 0 fully saturated rings. The molecule has 11 heteroatoms. The maximum atomic E-state index is 11.7. The zero-order valence-electron chi connectivity index (χ0n) is 11.5. The molecular formula is C12H11NO8S2. The summed E-state index contributed by atoms with van der Waals surface area (Å²) in [5.41, 5.74) is -1.02. The average molecular weight is 361 g/mol. The molecule has 0 bridgehead atoms. The summed E-state index contributed by atoms with van der Waals surface area (Å²) in [5.74, 6) is -0.964. The summed E-state index contributed by atoms with van der Waals surface area (Å²) in [6.07, 6.45) is 0. The molecule has 2 rings (SSSR count). The molecule has 0 spiro atoms. The monoisotopic (exact) mass is 361 g/mol. The van der Waals surface area contributed by atoms with E-state index in [9.17, 15) is 31.3 Å². The molecule has 0 aliphatic heterocycles. The summed E-state index contributed by atoms with van der Waals surface area (Å²) < 4.78 is 63.7. The van der Waals surface area contributed by atoms with Crippen molar-refractivity contribution >= 4 is 20.2 Å². The normalized spacial score (nSPS) is 12.3. The second kappa shape index (κ2) is 5.45. The number of nitrogens with zero attached hydrogens (tertiary/aromatic N) is 1. The summed E-state index contributed by atoms with van der Waals surface area (Å²) >= 11 is 0. The van der Waals surface area contributed by atoms with Crippen LogP contribution in [0.3, 0.4) is 0 Å². The Labute approximate surface area is 130 Å². The van der Waals surface area contributed by atoms with Gasteiger partial charge in [0, 0.05) is 18.7 Å². The third-order valence-corrected chi connectivity index (χ3v) is 4.87. The largest absolute Gasteiger partial charge is 0.493 e. The zero-order valence-corrected chi connectivity index (χ0v) is 13.2. The highest BCUT2D eigenvalue weighted by Crippen LogP contribution is 2.32. The van der Waals surface area contributed by atoms with Crippen molar-refractivity contribution in [1.29, 1.82) is 0 Å². The number of hydrogen-bond donors (Lipinski definition) is 3. The fraction of sp³-hybridized carbons (Fsp3) is 0.0833. The Morgan fingerprint density at radius 1 is 0.957 bits per heavy atom. The first-order valence-corrected chi connectivity index (χ1v) is 8.79. The molecule has 0 atom stereocenters. The van der Waals surface area contributed by atoms with E-state index in [1.165, 1.54) is 0 Å². The van der Waals surface area contributed by atoms with Crippen LogP contribution in [0, 0.1) is 0 Å². The SMILES string of the molecule is Cn1c(O)c(S(=O)(=O)O)c(-c2ccc(S(=O)(=O)O)cc2)cc1=O. The lowest BCUT2D eigenvalue weighted by Gasteiger charge is -2.12. The van der Waals surface area contributed by atoms with E-state index in [1.54, 1.807) is 0 Å². The first kappa shape index (κ1) is 17.1. The van der Waals surface area contributed by atoms with Crippen LogP contribution in [-0.2, 0) is 27.3 Å². The van der Waals surface area contributed by atoms with E-state index < -0.39 is 41.5 Å². The van der Waals surface area contributed by atoms with Gasteiger partial charge in [-0.2, -0.15) is 16.8 Å². The van der Waals surface area contributed by atoms with E-state index in [1.807, 2.05) is 0 Å². The van der Waals surface area contributed by atoms with Crippen molar-refractivity contribution in [1.82, 2.24) is 4.57 Å². The Morgan fingerprint density at radius 2 is 1.48 bits per heavy atom. The smallest absolute Gasteiger partial charge is 0.300 e. The molecule has 0 radical (unpaired) electrons. The van der Waals surface area contributed by atoms with Crippen LogP contribution in [-0.4, -0.2) is 35.6 Å². The molecule has 0 aliphatic rings. The van der Waals surface area contributed by atoms with Crippen LogP contribution < -0.4 is 5.56 Å². The number of aromatic nitrogens is 1. The third kappa shape index (κ3) is 3.27. The summed E-state index contributed by atoms with van der Waals surface area (Å²) in [7, 11) is -8.20. The molecule has 0 saturated carbocycles. The Kier molecular flexibility index (Phi) is 4.07. The molecule has 1 heterocycles. The topological polar surface area (TPSA) is 151 Å². The van der Waals surface area contributed by atoms with E-state index >= 15 is 0 Å². The number of rotatable bonds is 3. The van der Waals surface area contributed by atoms with Crippen molar-refractivity contribution in [3.63, 3.8) is 0 Å². The minimum absolute atomic E-state index is 0.0398. The fourth-order valence-electron chi connectivity index (χ4n) is 1.94. The molecule has 9 nitrogen and oxygen atoms in total. The Morgan fingerprint density at radius 3 is 1.91 bits per heavy atom. The Hall–Kier alpha value is -2.21. The zero-order chi connectivity index (χ0) is 17.6. The van der Waals surface area contributed by atoms with E-state index in [0.29, 0.717) is 4.57 Å². The van der Waals surface area contributed by atoms with Crippen LogP contribution in [0.5, 0.6) is 5.88 Å². The van der Waals surface area contributed by atoms with Gasteiger partial charge in [-0.1, -0.05) is 12.1 Å². The van der Waals surface area contributed by atoms with Crippen LogP contribution in [0.1, 0.15) is 0 Å². The Balaban J connectivity index is 2.81. The Bertz CT molecular complexity index is 1030. The summed E-state index contributed by atoms with van der Waals surface area (Å²) in [6, 6.07) is 5.06. The van der Waals surface area contributed by atoms with Gasteiger partial charge in [0.2, 0.25) is 5.88 Å². The number of hydrogen-bond acceptors (Lipinski definition) is 6. The van der Waals surface area contributed by atoms with Gasteiger partial charge in [-0.25, -0.2) is 0 Å². The van der Waals surface area contributed by atoms with Gasteiger partial charge < -0.3 is 5.11 Å². The maximum absolute atomic E-state index is 11.7. The van der Waals surface area contributed by atoms with Crippen molar-refractivity contribution in [2.24, 2.45) is 7.05 Å². The summed E-state index contributed by atoms with van der Waals surface area (Å²) in [5, 5.41) is 9.83. The van der Waals surface area contributed by atoms with Crippen molar-refractivity contribution < 1.29 is 31.0 Å². The number of pyridine rings is 1. The molecule has 0 aliphatic carbocycles. The second-order valence-corrected chi connectivity index (χ2v) is 7.36. The van der Waals surface area contributed by atoms with E-state index in [0.717, 1.165) is 37.4 Å². The molecule has 1 aromatic carbocycles. The van der Waals surface area contributed by atoms with Crippen LogP contribution in [0.2, 0.25) is 0 Å². The molecule has 2 aromatic rings. The first-order valence-electron chi connectivity index (χ1n) is 5.91. The number of aromatic hydroxyl groups is 1. The van der Waals surface area contributed by atoms with Crippen LogP contribution in [0.4, 0.5) is 0 Å². The molecule has 124 valence electrons. The van der Waals surface area contributed by atoms with Gasteiger partial charge in [-0.3, -0.25) is 18.5 Å². The van der Waals surface area contributed by atoms with Crippen molar-refractivity contribution in [2.45, 2.75) is 9.79 Å². The van der Waals surface area contributed by atoms with Gasteiger partial charge in [0.1, 0.15) is 0 Å². The molecule has 0 unspecified atom stereocenters. The fourth-order valence-corrected chi connectivity index (χ4v) is 3.24. The first-order chi connectivity index (χ1) is 10.4. The molecule has 23 heavy (non-hydrogen) atoms. The van der Waals surface area contributed by atoms with Crippen molar-refractivity contribution in [3.8, 4) is 17.0 Å². The van der Waals surface area contributed by atoms with E-state index in [-0.39, 0.29) is 11.1 Å². The lowest BCUT2D eigenvalue weighted by Crippen LogP contribution is -2.19. The van der Waals surface area contributed by atoms with Crippen LogP contribution in [0.25, 0.3) is 11.1 Å². The highest BCUT2D eigenvalue weighted by Gasteiger charge is 2.25. The summed E-state index contributed by atoms with van der Waals surface area (Å²) in [6.45, 7) is 0. The van der Waals surface area contributed by atoms with Gasteiger partial charge in [0.15, 0.2) is 4.90 Å². The quantitative estimate of drug-likeness (QED) is 0.658. The third-order valence-electron chi connectivity index (χ3n) is 3.08. The predicted octanol–water partition coefficient (Wildman–Crippen LogP) is 0.251. The van der Waals surface area contributed by atoms with Crippen LogP contribution in [0.15, 0.2) is 44.9 Å². The van der Waals surface area contributed by atoms with Gasteiger partial charge in [-0.15, -0.1) is 0 Å². The minimum Gasteiger partial charge on any atom is -0.493 e. The average Bonchev–Trinajstić information content (AvgIpc) is 2.42. The maximum Gasteiger partial charge on any atom is 0.300 e. The second-order valence-electron chi connectivity index (χ2n) is 4.58. The van der Waals surface area contributed by atoms with Gasteiger partial charge in [0.05, 0.1) is 4.90 Å². The van der Waals surface area contributed by atoms with Gasteiger partial charge in [0.25, 0.3) is 25.8 Å². The van der Waals surface area contributed by atoms with Gasteiger partial charge in [-0.05, 0) is 17.7 Å². The molecule has 1 aromatic heterocycles. The predicted molar refractivity (Wildman–Crippen MR) is 78.4 cm³/mol. The lowest BCUT2D eigenvalue weighted by atomic mass is 10.1. The number of benzene rings is 1. The highest BCUT2D eigenvalue weighted by atomic mass is 32.2. The van der Waals surface area contributed by atoms with Gasteiger partial charge >= 0.3 is 0 Å². The lowest BCUT2D eigenvalue weighted by molar-refractivity contribution is 0.400. The van der Waals surface area contributed by atoms with E-state index in [4.69, 9.17) is 4.55 Å². The summed E-state index contributed by atoms with van der Waals surface area (Å²) in [4.78, 5) is 10.4. The standard InChI is InChI=1S/C12H11NO8S2/c1-13-10(14)6-9(11(12(13)15)23(19,20)21)7-2-4-8(5-3-7)22(16,17)18/h2-6,15H,1H3,(H,16,17,18)(H,19,20,21). The van der Waals surface area contributed by atoms with Crippen molar-refractivity contribution in [3.05, 3.63) is 40.7 Å². The highest BCUT2D eigenvalue weighted by molar-refractivity contribution is 7.86. The van der Waals surface area contributed by atoms with Crippen molar-refractivity contribution in [2.75, 3.05) is 0 Å². The molecular weight excluding hydrogens is 350 g/mol. The molecule has 0 saturated heterocycles. The van der Waals surface area contributed by atoms with E-state index in [2.05, 4.69) is 0 Å². The van der Waals surface area contributed by atoms with Crippen LogP contribution >= 0.6 is 0 Å². The minimum atomic E-state index is -4.87.